The molecule has 1 aromatic heterocycles. The van der Waals surface area contributed by atoms with Gasteiger partial charge in [0.15, 0.2) is 0 Å². The molecule has 0 saturated heterocycles. The van der Waals surface area contributed by atoms with Gasteiger partial charge in [-0.1, -0.05) is 30.3 Å². The number of hydrogen-bond donors (Lipinski definition) is 0. The second-order valence-electron chi connectivity index (χ2n) is 8.03. The Bertz CT molecular complexity index is 731. The third-order valence-electron chi connectivity index (χ3n) is 4.92. The monoisotopic (exact) mass is 367 g/mol. The van der Waals surface area contributed by atoms with Crippen LogP contribution < -0.4 is 0 Å². The van der Waals surface area contributed by atoms with Gasteiger partial charge >= 0.3 is 6.09 Å². The van der Waals surface area contributed by atoms with Crippen molar-refractivity contribution in [2.24, 2.45) is 0 Å². The number of aromatic nitrogens is 1. The molecule has 0 bridgehead atoms. The van der Waals surface area contributed by atoms with Crippen molar-refractivity contribution in [1.82, 2.24) is 14.8 Å². The van der Waals surface area contributed by atoms with Crippen molar-refractivity contribution in [3.63, 3.8) is 0 Å². The first-order valence-electron chi connectivity index (χ1n) is 9.56. The fraction of sp³-hybridized carbons (Fsp3) is 0.455. The number of rotatable bonds is 6. The van der Waals surface area contributed by atoms with Gasteiger partial charge < -0.3 is 9.64 Å². The van der Waals surface area contributed by atoms with Crippen molar-refractivity contribution < 1.29 is 9.53 Å². The van der Waals surface area contributed by atoms with Crippen molar-refractivity contribution >= 4 is 6.09 Å². The summed E-state index contributed by atoms with van der Waals surface area (Å²) in [6.45, 7) is 9.68. The highest BCUT2D eigenvalue weighted by atomic mass is 16.6. The lowest BCUT2D eigenvalue weighted by atomic mass is 10.1. The van der Waals surface area contributed by atoms with E-state index >= 15 is 0 Å². The third-order valence-corrected chi connectivity index (χ3v) is 4.92. The molecule has 0 spiro atoms. The summed E-state index contributed by atoms with van der Waals surface area (Å²) in [7, 11) is 0. The minimum Gasteiger partial charge on any atom is -0.448 e. The van der Waals surface area contributed by atoms with Crippen molar-refractivity contribution in [2.75, 3.05) is 19.7 Å². The van der Waals surface area contributed by atoms with Crippen LogP contribution in [0, 0.1) is 0 Å². The van der Waals surface area contributed by atoms with Gasteiger partial charge in [0.05, 0.1) is 0 Å². The van der Waals surface area contributed by atoms with Crippen LogP contribution in [0.1, 0.15) is 37.5 Å². The van der Waals surface area contributed by atoms with Gasteiger partial charge in [-0.05, 0) is 49.9 Å². The molecule has 3 rings (SSSR count). The van der Waals surface area contributed by atoms with Crippen molar-refractivity contribution in [3.05, 3.63) is 65.5 Å². The number of carbonyl (C=O) groups is 1. The molecule has 1 amide bonds. The third kappa shape index (κ3) is 5.30. The molecule has 5 heteroatoms. The minimum absolute atomic E-state index is 0.239. The second-order valence-corrected chi connectivity index (χ2v) is 8.03. The van der Waals surface area contributed by atoms with Gasteiger partial charge in [0.25, 0.3) is 0 Å². The van der Waals surface area contributed by atoms with E-state index in [1.165, 1.54) is 16.7 Å². The summed E-state index contributed by atoms with van der Waals surface area (Å²) in [5.74, 6) is 0. The highest BCUT2D eigenvalue weighted by Crippen LogP contribution is 2.21. The van der Waals surface area contributed by atoms with E-state index in [1.807, 2.05) is 56.3 Å². The number of ether oxygens (including phenoxy) is 1. The predicted octanol–water partition coefficient (Wildman–Crippen LogP) is 3.88. The number of amides is 1. The molecule has 0 N–H and O–H groups in total. The average molecular weight is 367 g/mol. The number of fused-ring (bicyclic) bond motifs is 1. The summed E-state index contributed by atoms with van der Waals surface area (Å²) in [5.41, 5.74) is 3.53. The fourth-order valence-electron chi connectivity index (χ4n) is 3.37. The van der Waals surface area contributed by atoms with Crippen molar-refractivity contribution in [3.8, 4) is 0 Å². The van der Waals surface area contributed by atoms with Gasteiger partial charge in [0.1, 0.15) is 6.61 Å². The molecule has 1 aliphatic rings. The van der Waals surface area contributed by atoms with E-state index in [2.05, 4.69) is 28.1 Å². The van der Waals surface area contributed by atoms with Crippen molar-refractivity contribution in [2.45, 2.75) is 45.8 Å². The SMILES string of the molecule is CC(C)(C)N(CCc1ccccc1)C(=O)OCCN1Cc2ccncc2C1. The fourth-order valence-corrected chi connectivity index (χ4v) is 3.37. The van der Waals surface area contributed by atoms with E-state index in [1.54, 1.807) is 0 Å². The molecule has 2 aromatic rings. The van der Waals surface area contributed by atoms with Crippen LogP contribution in [0.15, 0.2) is 48.8 Å². The molecule has 144 valence electrons. The molecule has 0 radical (unpaired) electrons. The molecule has 0 aliphatic carbocycles. The summed E-state index contributed by atoms with van der Waals surface area (Å²) in [5, 5.41) is 0. The Hall–Kier alpha value is -2.40. The normalized spacial score (nSPS) is 14.0. The lowest BCUT2D eigenvalue weighted by molar-refractivity contribution is 0.0605. The first kappa shape index (κ1) is 19.4. The van der Waals surface area contributed by atoms with Crippen LogP contribution in [-0.2, 0) is 24.2 Å². The smallest absolute Gasteiger partial charge is 0.410 e. The number of nitrogens with zero attached hydrogens (tertiary/aromatic N) is 3. The molecular weight excluding hydrogens is 338 g/mol. The number of benzene rings is 1. The van der Waals surface area contributed by atoms with Crippen molar-refractivity contribution in [1.29, 1.82) is 0 Å². The minimum atomic E-state index is -0.276. The standard InChI is InChI=1S/C22H29N3O2/c1-22(2,3)25(12-10-18-7-5-4-6-8-18)21(26)27-14-13-24-16-19-9-11-23-15-20(19)17-24/h4-9,11,15H,10,12-14,16-17H2,1-3H3. The zero-order valence-electron chi connectivity index (χ0n) is 16.5. The van der Waals surface area contributed by atoms with E-state index in [9.17, 15) is 4.79 Å². The first-order chi connectivity index (χ1) is 12.9. The maximum atomic E-state index is 12.7. The average Bonchev–Trinajstić information content (AvgIpc) is 3.04. The van der Waals surface area contributed by atoms with Crippen LogP contribution in [0.25, 0.3) is 0 Å². The summed E-state index contributed by atoms with van der Waals surface area (Å²) in [6.07, 6.45) is 4.33. The Morgan fingerprint density at radius 1 is 1.15 bits per heavy atom. The van der Waals surface area contributed by atoms with Crippen LogP contribution in [0.4, 0.5) is 4.79 Å². The van der Waals surface area contributed by atoms with E-state index in [4.69, 9.17) is 4.74 Å². The molecule has 1 aromatic carbocycles. The number of pyridine rings is 1. The van der Waals surface area contributed by atoms with E-state index in [0.717, 1.165) is 26.1 Å². The molecule has 0 fully saturated rings. The molecule has 27 heavy (non-hydrogen) atoms. The van der Waals surface area contributed by atoms with Gasteiger partial charge in [-0.15, -0.1) is 0 Å². The highest BCUT2D eigenvalue weighted by Gasteiger charge is 2.27. The Morgan fingerprint density at radius 3 is 2.59 bits per heavy atom. The quantitative estimate of drug-likeness (QED) is 0.777. The Morgan fingerprint density at radius 2 is 1.89 bits per heavy atom. The van der Waals surface area contributed by atoms with Gasteiger partial charge in [0, 0.05) is 44.1 Å². The molecular formula is C22H29N3O2. The van der Waals surface area contributed by atoms with Gasteiger partial charge in [-0.3, -0.25) is 9.88 Å². The lowest BCUT2D eigenvalue weighted by Crippen LogP contribution is -2.47. The topological polar surface area (TPSA) is 45.7 Å². The molecule has 5 nitrogen and oxygen atoms in total. The predicted molar refractivity (Wildman–Crippen MR) is 106 cm³/mol. The van der Waals surface area contributed by atoms with Crippen LogP contribution in [-0.4, -0.2) is 46.1 Å². The van der Waals surface area contributed by atoms with Gasteiger partial charge in [-0.2, -0.15) is 0 Å². The largest absolute Gasteiger partial charge is 0.448 e. The van der Waals surface area contributed by atoms with Gasteiger partial charge in [0.2, 0.25) is 0 Å². The van der Waals surface area contributed by atoms with E-state index < -0.39 is 0 Å². The van der Waals surface area contributed by atoms with E-state index in [0.29, 0.717) is 13.2 Å². The zero-order chi connectivity index (χ0) is 19.3. The van der Waals surface area contributed by atoms with Crippen LogP contribution >= 0.6 is 0 Å². The Kier molecular flexibility index (Phi) is 6.11. The maximum Gasteiger partial charge on any atom is 0.410 e. The van der Waals surface area contributed by atoms with Crippen LogP contribution in [0.2, 0.25) is 0 Å². The summed E-state index contributed by atoms with van der Waals surface area (Å²) >= 11 is 0. The molecule has 0 saturated carbocycles. The summed E-state index contributed by atoms with van der Waals surface area (Å²) < 4.78 is 5.61. The molecule has 0 atom stereocenters. The lowest BCUT2D eigenvalue weighted by Gasteiger charge is -2.35. The van der Waals surface area contributed by atoms with Gasteiger partial charge in [-0.25, -0.2) is 4.79 Å². The molecule has 0 unspecified atom stereocenters. The Balaban J connectivity index is 1.48. The summed E-state index contributed by atoms with van der Waals surface area (Å²) in [4.78, 5) is 21.0. The molecule has 1 aliphatic heterocycles. The number of carbonyl (C=O) groups excluding carboxylic acids is 1. The van der Waals surface area contributed by atoms with E-state index in [-0.39, 0.29) is 11.6 Å². The molecule has 2 heterocycles. The number of hydrogen-bond acceptors (Lipinski definition) is 4. The maximum absolute atomic E-state index is 12.7. The zero-order valence-corrected chi connectivity index (χ0v) is 16.5. The van der Waals surface area contributed by atoms with Crippen LogP contribution in [0.5, 0.6) is 0 Å². The first-order valence-corrected chi connectivity index (χ1v) is 9.56. The highest BCUT2D eigenvalue weighted by molar-refractivity contribution is 5.68. The Labute approximate surface area is 162 Å². The second kappa shape index (κ2) is 8.53. The summed E-state index contributed by atoms with van der Waals surface area (Å²) in [6, 6.07) is 12.3. The van der Waals surface area contributed by atoms with Crippen LogP contribution in [0.3, 0.4) is 0 Å².